The summed E-state index contributed by atoms with van der Waals surface area (Å²) >= 11 is 0. The normalized spacial score (nSPS) is 49.5. The lowest BCUT2D eigenvalue weighted by Crippen LogP contribution is -2.68. The van der Waals surface area contributed by atoms with Crippen LogP contribution in [0, 0.1) is 0 Å². The van der Waals surface area contributed by atoms with Crippen LogP contribution in [0.3, 0.4) is 0 Å². The number of ether oxygens (including phenoxy) is 14. The van der Waals surface area contributed by atoms with Crippen molar-refractivity contribution in [3.63, 3.8) is 0 Å². The molecule has 39 heteroatoms. The highest BCUT2D eigenvalue weighted by Gasteiger charge is 2.59. The Balaban J connectivity index is 1.06. The summed E-state index contributed by atoms with van der Waals surface area (Å²) in [4.78, 5) is 0. The minimum atomic E-state index is -2.21. The molecule has 0 aromatic heterocycles. The summed E-state index contributed by atoms with van der Waals surface area (Å²) in [5.74, 6) is 0. The molecule has 0 aromatic carbocycles. The molecule has 1 unspecified atom stereocenters. The molecule has 0 saturated carbocycles. The fourth-order valence-corrected chi connectivity index (χ4v) is 11.7. The second-order valence-electron chi connectivity index (χ2n) is 22.7. The van der Waals surface area contributed by atoms with Gasteiger partial charge in [0, 0.05) is 58.9 Å². The maximum absolute atomic E-state index is 11.8. The molecule has 0 aliphatic carbocycles. The van der Waals surface area contributed by atoms with Crippen molar-refractivity contribution in [2.24, 2.45) is 5.73 Å². The van der Waals surface area contributed by atoms with Gasteiger partial charge in [-0.1, -0.05) is 0 Å². The summed E-state index contributed by atoms with van der Waals surface area (Å²) in [6.07, 6.45) is -69.3. The molecule has 21 saturated heterocycles. The Bertz CT molecular complexity index is 2050. The molecular weight excluding hydrogens is 1210 g/mol. The monoisotopic (exact) mass is 1310 g/mol. The number of aliphatic hydroxyl groups is 20. The van der Waals surface area contributed by atoms with Gasteiger partial charge in [-0.2, -0.15) is 0 Å². The first-order valence-electron chi connectivity index (χ1n) is 29.5. The molecule has 39 nitrogen and oxygen atoms in total. The van der Waals surface area contributed by atoms with E-state index in [9.17, 15) is 102 Å². The highest BCUT2D eigenvalue weighted by Crippen LogP contribution is 2.39. The standard InChI is InChI=1S/C50H91N5O34/c51-1-2-52-3-4-53-5-6-54-7-8-55-9-16-37-23(62)30(69)44(76-16)84-38-17(10-56)78-46(32(71)25(38)64)86-40-19(12-58)80-48(34(73)27(40)66)88-42-21(14-60)82-50(36(75)29(42)68)89-43-22(15-61)81-49(35(74)28(43)67)87-41-20(13-59)79-47(33(72)26(41)65)85-39-18(11-57)77-45(83-37)31(70)24(39)63/h16-50,52-75H,1-15,51H2/t16?,17-,18-,19-,20-,21-,22-,23-,24-,25-,26-,27-,28-,29-,30-,31-,32-,33-,34-,35-,36-,37-,38-,39-,40-,41-,42-,43-,44-,45-,46-,47-,48-,49-,50-/m1/s1. The van der Waals surface area contributed by atoms with E-state index in [4.69, 9.17) is 72.0 Å². The van der Waals surface area contributed by atoms with Crippen LogP contribution in [0.1, 0.15) is 0 Å². The summed E-state index contributed by atoms with van der Waals surface area (Å²) in [5, 5.41) is 237. The van der Waals surface area contributed by atoms with E-state index >= 15 is 0 Å². The van der Waals surface area contributed by atoms with E-state index < -0.39 is 255 Å². The minimum Gasteiger partial charge on any atom is -0.394 e. The third-order valence-electron chi connectivity index (χ3n) is 16.7. The van der Waals surface area contributed by atoms with E-state index in [2.05, 4.69) is 21.3 Å². The van der Waals surface area contributed by atoms with Gasteiger partial charge in [-0.3, -0.25) is 0 Å². The van der Waals surface area contributed by atoms with Crippen LogP contribution >= 0.6 is 0 Å². The lowest BCUT2D eigenvalue weighted by atomic mass is 9.95. The molecule has 0 amide bonds. The zero-order valence-corrected chi connectivity index (χ0v) is 48.1. The molecule has 520 valence electrons. The highest BCUT2D eigenvalue weighted by molar-refractivity contribution is 5.02. The average Bonchev–Trinajstić information content (AvgIpc) is 1.09. The van der Waals surface area contributed by atoms with Crippen LogP contribution < -0.4 is 27.0 Å². The van der Waals surface area contributed by atoms with Gasteiger partial charge in [-0.25, -0.2) is 0 Å². The number of hydrogen-bond donors (Lipinski definition) is 25. The van der Waals surface area contributed by atoms with Gasteiger partial charge in [0.15, 0.2) is 44.0 Å². The average molecular weight is 1310 g/mol. The summed E-state index contributed by atoms with van der Waals surface area (Å²) < 4.78 is 81.5. The van der Waals surface area contributed by atoms with Crippen LogP contribution in [0.2, 0.25) is 0 Å². The maximum atomic E-state index is 11.8. The SMILES string of the molecule is NCCNCCNCCNCCNCC1O[C@@H]2O[C@H]3[C@H](O)[C@@H](O)[C@@H](O[C@H]4[C@H](O)[C@@H](O)[C@@H](O[C@H]5[C@H](O)[C@@H](O)[C@@H](O[C@H]6[C@H](O)[C@@H](O)[C@@H](O[C@H]7[C@H](O)[C@@H](O)[C@@H](O[C@H]8[C@H](O)[C@@H](O)[C@@H](O[C@H]1[C@H](O)[C@H]2O)O[C@@H]8CO)O[C@@H]7CO)O[C@@H]6CO)O[C@@H]5CO)O[C@@H]4CO)O[C@@H]3CO. The van der Waals surface area contributed by atoms with Crippen LogP contribution in [0.15, 0.2) is 0 Å². The molecule has 21 aliphatic rings. The van der Waals surface area contributed by atoms with Crippen LogP contribution in [0.5, 0.6) is 0 Å². The van der Waals surface area contributed by atoms with Crippen molar-refractivity contribution in [3.05, 3.63) is 0 Å². The van der Waals surface area contributed by atoms with E-state index in [0.717, 1.165) is 0 Å². The second kappa shape index (κ2) is 33.9. The quantitative estimate of drug-likeness (QED) is 0.0534. The smallest absolute Gasteiger partial charge is 0.187 e. The van der Waals surface area contributed by atoms with Crippen LogP contribution in [0.4, 0.5) is 0 Å². The van der Waals surface area contributed by atoms with Crippen molar-refractivity contribution in [3.8, 4) is 0 Å². The number of rotatable bonds is 19. The van der Waals surface area contributed by atoms with Gasteiger partial charge in [-0.15, -0.1) is 0 Å². The molecule has 35 atom stereocenters. The molecule has 21 heterocycles. The predicted molar refractivity (Wildman–Crippen MR) is 282 cm³/mol. The number of aliphatic hydroxyl groups excluding tert-OH is 20. The Kier molecular flexibility index (Phi) is 27.9. The van der Waals surface area contributed by atoms with E-state index in [-0.39, 0.29) is 13.1 Å². The van der Waals surface area contributed by atoms with Gasteiger partial charge in [-0.05, 0) is 0 Å². The fourth-order valence-electron chi connectivity index (χ4n) is 11.7. The second-order valence-corrected chi connectivity index (χ2v) is 22.7. The lowest BCUT2D eigenvalue weighted by Gasteiger charge is -2.50. The zero-order chi connectivity index (χ0) is 64.5. The summed E-state index contributed by atoms with van der Waals surface area (Å²) in [5.41, 5.74) is 5.50. The zero-order valence-electron chi connectivity index (χ0n) is 48.1. The van der Waals surface area contributed by atoms with Gasteiger partial charge in [0.05, 0.1) is 39.6 Å². The van der Waals surface area contributed by atoms with Crippen LogP contribution in [-0.2, 0) is 66.3 Å². The Morgan fingerprint density at radius 3 is 0.573 bits per heavy atom. The van der Waals surface area contributed by atoms with Crippen LogP contribution in [0.25, 0.3) is 0 Å². The minimum absolute atomic E-state index is 0.236. The molecule has 0 radical (unpaired) electrons. The predicted octanol–water partition coefficient (Wildman–Crippen LogP) is -16.9. The molecule has 0 spiro atoms. The van der Waals surface area contributed by atoms with E-state index in [0.29, 0.717) is 45.8 Å². The topological polar surface area (TPSA) is 608 Å². The van der Waals surface area contributed by atoms with E-state index in [1.165, 1.54) is 0 Å². The number of nitrogens with one attached hydrogen (secondary N) is 4. The Morgan fingerprint density at radius 1 is 0.213 bits per heavy atom. The molecular formula is C50H91N5O34. The molecule has 21 aliphatic heterocycles. The van der Waals surface area contributed by atoms with E-state index in [1.807, 2.05) is 0 Å². The molecule has 21 rings (SSSR count). The Morgan fingerprint density at radius 2 is 0.382 bits per heavy atom. The summed E-state index contributed by atoms with van der Waals surface area (Å²) in [6.45, 7) is -2.15. The maximum Gasteiger partial charge on any atom is 0.187 e. The third kappa shape index (κ3) is 16.6. The fraction of sp³-hybridized carbons (Fsp3) is 1.00. The van der Waals surface area contributed by atoms with Crippen LogP contribution in [-0.4, -0.2) is 416 Å². The third-order valence-corrected chi connectivity index (χ3v) is 16.7. The molecule has 21 fully saturated rings. The first-order valence-corrected chi connectivity index (χ1v) is 29.5. The Hall–Kier alpha value is -1.56. The molecule has 26 N–H and O–H groups in total. The first-order chi connectivity index (χ1) is 42.7. The number of nitrogens with two attached hydrogens (primary N) is 1. The first kappa shape index (κ1) is 73.3. The van der Waals surface area contributed by atoms with Gasteiger partial charge >= 0.3 is 0 Å². The highest BCUT2D eigenvalue weighted by atomic mass is 16.8. The van der Waals surface area contributed by atoms with Gasteiger partial charge in [0.2, 0.25) is 0 Å². The number of hydrogen-bond acceptors (Lipinski definition) is 39. The molecule has 14 bridgehead atoms. The van der Waals surface area contributed by atoms with Crippen molar-refractivity contribution in [2.45, 2.75) is 215 Å². The largest absolute Gasteiger partial charge is 0.394 e. The van der Waals surface area contributed by atoms with Crippen molar-refractivity contribution >= 4 is 0 Å². The van der Waals surface area contributed by atoms with E-state index in [1.54, 1.807) is 0 Å². The lowest BCUT2D eigenvalue weighted by molar-refractivity contribution is -0.396. The Labute approximate surface area is 508 Å². The van der Waals surface area contributed by atoms with Crippen molar-refractivity contribution in [2.75, 3.05) is 98.5 Å². The van der Waals surface area contributed by atoms with Crippen molar-refractivity contribution in [1.29, 1.82) is 0 Å². The van der Waals surface area contributed by atoms with Crippen molar-refractivity contribution < 1.29 is 168 Å². The van der Waals surface area contributed by atoms with Gasteiger partial charge in [0.25, 0.3) is 0 Å². The van der Waals surface area contributed by atoms with Gasteiger partial charge < -0.3 is 195 Å². The van der Waals surface area contributed by atoms with Gasteiger partial charge in [0.1, 0.15) is 171 Å². The molecule has 89 heavy (non-hydrogen) atoms. The van der Waals surface area contributed by atoms with Crippen molar-refractivity contribution in [1.82, 2.24) is 21.3 Å². The summed E-state index contributed by atoms with van der Waals surface area (Å²) in [6, 6.07) is 0. The molecule has 0 aromatic rings. The summed E-state index contributed by atoms with van der Waals surface area (Å²) in [7, 11) is 0.